The van der Waals surface area contributed by atoms with E-state index in [9.17, 15) is 18.0 Å². The summed E-state index contributed by atoms with van der Waals surface area (Å²) >= 11 is 6.20. The van der Waals surface area contributed by atoms with E-state index in [0.717, 1.165) is 17.4 Å². The van der Waals surface area contributed by atoms with Gasteiger partial charge in [0.1, 0.15) is 11.8 Å². The number of nitrogens with one attached hydrogen (secondary N) is 1. The SMILES string of the molecule is COc1ccc(N(CCCC(=O)N(Cc2ccccc2C)[C@@H](C)C(=O)NCC(C)C)S(C)(=O)=O)cc1Cl. The molecule has 0 unspecified atom stereocenters. The number of hydrogen-bond acceptors (Lipinski definition) is 5. The molecule has 0 aliphatic carbocycles. The predicted octanol–water partition coefficient (Wildman–Crippen LogP) is 4.39. The number of carbonyl (C=O) groups is 2. The lowest BCUT2D eigenvalue weighted by Gasteiger charge is -2.30. The minimum Gasteiger partial charge on any atom is -0.495 e. The lowest BCUT2D eigenvalue weighted by molar-refractivity contribution is -0.140. The molecule has 0 aliphatic heterocycles. The first-order valence-electron chi connectivity index (χ1n) is 12.3. The molecule has 8 nitrogen and oxygen atoms in total. The Morgan fingerprint density at radius 3 is 2.35 bits per heavy atom. The molecule has 1 N–H and O–H groups in total. The zero-order valence-electron chi connectivity index (χ0n) is 22.5. The van der Waals surface area contributed by atoms with Gasteiger partial charge in [-0.1, -0.05) is 49.7 Å². The molecule has 0 radical (unpaired) electrons. The van der Waals surface area contributed by atoms with Crippen molar-refractivity contribution in [3.63, 3.8) is 0 Å². The van der Waals surface area contributed by atoms with Crippen molar-refractivity contribution in [1.82, 2.24) is 10.2 Å². The van der Waals surface area contributed by atoms with Gasteiger partial charge in [0, 0.05) is 26.1 Å². The van der Waals surface area contributed by atoms with E-state index in [1.165, 1.54) is 17.5 Å². The lowest BCUT2D eigenvalue weighted by Crippen LogP contribution is -2.48. The molecule has 1 atom stereocenters. The van der Waals surface area contributed by atoms with Gasteiger partial charge in [0.2, 0.25) is 21.8 Å². The minimum atomic E-state index is -3.63. The van der Waals surface area contributed by atoms with Crippen LogP contribution in [-0.4, -0.2) is 57.6 Å². The third-order valence-electron chi connectivity index (χ3n) is 6.03. The third kappa shape index (κ3) is 8.93. The van der Waals surface area contributed by atoms with Crippen LogP contribution in [0.15, 0.2) is 42.5 Å². The lowest BCUT2D eigenvalue weighted by atomic mass is 10.1. The number of hydrogen-bond donors (Lipinski definition) is 1. The van der Waals surface area contributed by atoms with Crippen molar-refractivity contribution in [2.75, 3.05) is 30.8 Å². The maximum Gasteiger partial charge on any atom is 0.242 e. The molecule has 0 aliphatic rings. The van der Waals surface area contributed by atoms with Gasteiger partial charge in [0.15, 0.2) is 0 Å². The van der Waals surface area contributed by atoms with Crippen LogP contribution in [0.1, 0.15) is 44.7 Å². The molecule has 2 rings (SSSR count). The number of methoxy groups -OCH3 is 1. The van der Waals surface area contributed by atoms with Crippen molar-refractivity contribution in [2.45, 2.75) is 53.1 Å². The molecule has 37 heavy (non-hydrogen) atoms. The van der Waals surface area contributed by atoms with E-state index in [1.54, 1.807) is 24.0 Å². The molecule has 0 bridgehead atoms. The third-order valence-corrected chi connectivity index (χ3v) is 7.52. The van der Waals surface area contributed by atoms with E-state index < -0.39 is 16.1 Å². The van der Waals surface area contributed by atoms with Gasteiger partial charge in [-0.25, -0.2) is 8.42 Å². The summed E-state index contributed by atoms with van der Waals surface area (Å²) in [5.41, 5.74) is 2.36. The molecular weight excluding hydrogens is 514 g/mol. The minimum absolute atomic E-state index is 0.0730. The van der Waals surface area contributed by atoms with Crippen molar-refractivity contribution >= 4 is 39.1 Å². The Kier molecular flexibility index (Phi) is 11.3. The number of benzene rings is 2. The number of anilines is 1. The molecule has 2 aromatic rings. The fraction of sp³-hybridized carbons (Fsp3) is 0.481. The van der Waals surface area contributed by atoms with E-state index in [1.807, 2.05) is 45.0 Å². The molecule has 2 amide bonds. The molecular formula is C27H38ClN3O5S. The maximum absolute atomic E-state index is 13.4. The summed E-state index contributed by atoms with van der Waals surface area (Å²) in [4.78, 5) is 27.8. The Bertz CT molecular complexity index is 1190. The van der Waals surface area contributed by atoms with E-state index >= 15 is 0 Å². The van der Waals surface area contributed by atoms with Crippen LogP contribution >= 0.6 is 11.6 Å². The molecule has 204 valence electrons. The molecule has 0 fully saturated rings. The Morgan fingerprint density at radius 1 is 1.11 bits per heavy atom. The first-order chi connectivity index (χ1) is 17.3. The van der Waals surface area contributed by atoms with Gasteiger partial charge < -0.3 is 15.0 Å². The second-order valence-corrected chi connectivity index (χ2v) is 11.8. The van der Waals surface area contributed by atoms with Gasteiger partial charge in [-0.2, -0.15) is 0 Å². The second-order valence-electron chi connectivity index (χ2n) is 9.52. The van der Waals surface area contributed by atoms with E-state index in [-0.39, 0.29) is 48.7 Å². The van der Waals surface area contributed by atoms with Gasteiger partial charge in [-0.3, -0.25) is 13.9 Å². The largest absolute Gasteiger partial charge is 0.495 e. The van der Waals surface area contributed by atoms with Crippen LogP contribution in [0, 0.1) is 12.8 Å². The van der Waals surface area contributed by atoms with Crippen LogP contribution in [0.3, 0.4) is 0 Å². The normalized spacial score (nSPS) is 12.2. The summed E-state index contributed by atoms with van der Waals surface area (Å²) in [6.07, 6.45) is 1.45. The highest BCUT2D eigenvalue weighted by Gasteiger charge is 2.27. The average molecular weight is 552 g/mol. The van der Waals surface area contributed by atoms with E-state index in [2.05, 4.69) is 5.32 Å². The van der Waals surface area contributed by atoms with Crippen LogP contribution in [-0.2, 0) is 26.2 Å². The van der Waals surface area contributed by atoms with Crippen LogP contribution in [0.5, 0.6) is 5.75 Å². The monoisotopic (exact) mass is 551 g/mol. The summed E-state index contributed by atoms with van der Waals surface area (Å²) in [5.74, 6) is 0.272. The Hall–Kier alpha value is -2.78. The Labute approximate surface area is 226 Å². The molecule has 0 heterocycles. The topological polar surface area (TPSA) is 96.0 Å². The summed E-state index contributed by atoms with van der Waals surface area (Å²) in [6.45, 7) is 8.57. The van der Waals surface area contributed by atoms with Crippen molar-refractivity contribution in [1.29, 1.82) is 0 Å². The van der Waals surface area contributed by atoms with Gasteiger partial charge in [0.05, 0.1) is 24.1 Å². The maximum atomic E-state index is 13.4. The second kappa shape index (κ2) is 13.7. The molecule has 0 saturated heterocycles. The highest BCUT2D eigenvalue weighted by Crippen LogP contribution is 2.30. The standard InChI is InChI=1S/C27H38ClN3O5S/c1-19(2)17-29-27(33)21(4)30(18-22-11-8-7-10-20(22)3)26(32)12-9-15-31(37(6,34)35)23-13-14-25(36-5)24(28)16-23/h7-8,10-11,13-14,16,19,21H,9,12,15,17-18H2,1-6H3,(H,29,33)/t21-/m0/s1. The van der Waals surface area contributed by atoms with Crippen LogP contribution in [0.25, 0.3) is 0 Å². The first-order valence-corrected chi connectivity index (χ1v) is 14.5. The average Bonchev–Trinajstić information content (AvgIpc) is 2.83. The quantitative estimate of drug-likeness (QED) is 0.398. The number of aryl methyl sites for hydroxylation is 1. The number of nitrogens with zero attached hydrogens (tertiary/aromatic N) is 2. The number of ether oxygens (including phenoxy) is 1. The van der Waals surface area contributed by atoms with Crippen molar-refractivity contribution < 1.29 is 22.7 Å². The molecule has 0 aromatic heterocycles. The highest BCUT2D eigenvalue weighted by molar-refractivity contribution is 7.92. The van der Waals surface area contributed by atoms with Gasteiger partial charge >= 0.3 is 0 Å². The van der Waals surface area contributed by atoms with E-state index in [0.29, 0.717) is 18.0 Å². The number of sulfonamides is 1. The summed E-state index contributed by atoms with van der Waals surface area (Å²) < 4.78 is 31.4. The van der Waals surface area contributed by atoms with Gasteiger partial charge in [0.25, 0.3) is 0 Å². The number of halogens is 1. The number of amides is 2. The molecule has 0 saturated carbocycles. The zero-order chi connectivity index (χ0) is 27.8. The highest BCUT2D eigenvalue weighted by atomic mass is 35.5. The summed E-state index contributed by atoms with van der Waals surface area (Å²) in [5, 5.41) is 3.19. The smallest absolute Gasteiger partial charge is 0.242 e. The van der Waals surface area contributed by atoms with Crippen molar-refractivity contribution in [3.8, 4) is 5.75 Å². The summed E-state index contributed by atoms with van der Waals surface area (Å²) in [6, 6.07) is 11.8. The van der Waals surface area contributed by atoms with Crippen molar-refractivity contribution in [2.24, 2.45) is 5.92 Å². The Morgan fingerprint density at radius 2 is 1.78 bits per heavy atom. The fourth-order valence-electron chi connectivity index (χ4n) is 3.82. The van der Waals surface area contributed by atoms with Crippen LogP contribution in [0.2, 0.25) is 5.02 Å². The number of rotatable bonds is 13. The van der Waals surface area contributed by atoms with Crippen molar-refractivity contribution in [3.05, 3.63) is 58.6 Å². The van der Waals surface area contributed by atoms with Crippen LogP contribution in [0.4, 0.5) is 5.69 Å². The Balaban J connectivity index is 2.19. The van der Waals surface area contributed by atoms with Crippen LogP contribution < -0.4 is 14.4 Å². The zero-order valence-corrected chi connectivity index (χ0v) is 24.0. The number of carbonyl (C=O) groups excluding carboxylic acids is 2. The van der Waals surface area contributed by atoms with E-state index in [4.69, 9.17) is 16.3 Å². The molecule has 2 aromatic carbocycles. The molecule has 0 spiro atoms. The summed E-state index contributed by atoms with van der Waals surface area (Å²) in [7, 11) is -2.15. The van der Waals surface area contributed by atoms with Gasteiger partial charge in [-0.15, -0.1) is 0 Å². The molecule has 10 heteroatoms. The first kappa shape index (κ1) is 30.4. The predicted molar refractivity (Wildman–Crippen MR) is 148 cm³/mol. The van der Waals surface area contributed by atoms with Gasteiger partial charge in [-0.05, 0) is 55.5 Å². The fourth-order valence-corrected chi connectivity index (χ4v) is 5.03.